The molecule has 7 nitrogen and oxygen atoms in total. The largest absolute Gasteiger partial charge is 0.434 e. The molecule has 0 amide bonds. The van der Waals surface area contributed by atoms with Gasteiger partial charge in [-0.15, -0.1) is 5.10 Å². The molecule has 0 saturated carbocycles. The number of likely N-dealkylation sites (tertiary alicyclic amines) is 1. The molecule has 2 unspecified atom stereocenters. The monoisotopic (exact) mass is 525 g/mol. The van der Waals surface area contributed by atoms with Gasteiger partial charge in [0.1, 0.15) is 11.5 Å². The highest BCUT2D eigenvalue weighted by atomic mass is 19.1. The lowest BCUT2D eigenvalue weighted by Gasteiger charge is -2.46. The van der Waals surface area contributed by atoms with E-state index in [9.17, 15) is 14.4 Å². The first-order chi connectivity index (χ1) is 18.7. The van der Waals surface area contributed by atoms with Crippen LogP contribution in [0.3, 0.4) is 0 Å². The van der Waals surface area contributed by atoms with Crippen LogP contribution in [0, 0.1) is 34.4 Å². The summed E-state index contributed by atoms with van der Waals surface area (Å²) in [6.07, 6.45) is 0.312. The molecule has 1 aromatic heterocycles. The van der Waals surface area contributed by atoms with E-state index in [0.29, 0.717) is 36.2 Å². The van der Waals surface area contributed by atoms with E-state index in [4.69, 9.17) is 9.68 Å². The number of nitrogens with zero attached hydrogens (tertiary/aromatic N) is 4. The molecule has 1 N–H and O–H groups in total. The summed E-state index contributed by atoms with van der Waals surface area (Å²) in [4.78, 5) is 13.7. The van der Waals surface area contributed by atoms with E-state index in [1.54, 1.807) is 18.2 Å². The van der Waals surface area contributed by atoms with Crippen molar-refractivity contribution in [1.82, 2.24) is 15.1 Å². The Kier molecular flexibility index (Phi) is 7.10. The van der Waals surface area contributed by atoms with Gasteiger partial charge in [0.2, 0.25) is 5.89 Å². The van der Waals surface area contributed by atoms with E-state index < -0.39 is 17.2 Å². The predicted molar refractivity (Wildman–Crippen MR) is 140 cm³/mol. The zero-order valence-electron chi connectivity index (χ0n) is 21.2. The molecule has 1 saturated heterocycles. The minimum Gasteiger partial charge on any atom is -0.388 e. The van der Waals surface area contributed by atoms with Crippen molar-refractivity contribution < 1.29 is 13.2 Å². The summed E-state index contributed by atoms with van der Waals surface area (Å²) in [5.74, 6) is -0.915. The van der Waals surface area contributed by atoms with Crippen molar-refractivity contribution in [3.05, 3.63) is 111 Å². The maximum absolute atomic E-state index is 15.6. The number of rotatable bonds is 8. The third-order valence-corrected chi connectivity index (χ3v) is 6.97. The standard InChI is InChI=1S/C30H25F2N5O2/c1-30(32,13-20-9-21(16-34)11-26(31)10-20)14-22-17-37(18-22)27(23-7-5-19(15-33)6-8-23)24-3-2-4-25(12-24)28-35-36-29(38)39-28/h2-12,22,27H,13-14,17-18H2,1H3,(H,36,38). The lowest BCUT2D eigenvalue weighted by Crippen LogP contribution is -2.50. The minimum atomic E-state index is -1.57. The molecule has 4 aromatic rings. The van der Waals surface area contributed by atoms with Gasteiger partial charge in [0.25, 0.3) is 0 Å². The maximum atomic E-state index is 15.6. The van der Waals surface area contributed by atoms with Crippen molar-refractivity contribution in [3.63, 3.8) is 0 Å². The van der Waals surface area contributed by atoms with Crippen LogP contribution in [-0.2, 0) is 6.42 Å². The van der Waals surface area contributed by atoms with Crippen LogP contribution in [0.25, 0.3) is 11.5 Å². The van der Waals surface area contributed by atoms with E-state index in [1.807, 2.05) is 36.4 Å². The van der Waals surface area contributed by atoms with E-state index in [1.165, 1.54) is 19.1 Å². The molecule has 2 heterocycles. The molecular weight excluding hydrogens is 500 g/mol. The maximum Gasteiger partial charge on any atom is 0.434 e. The first kappa shape index (κ1) is 26.0. The number of nitrogens with one attached hydrogen (secondary N) is 1. The molecule has 0 aliphatic carbocycles. The van der Waals surface area contributed by atoms with Crippen LogP contribution < -0.4 is 5.76 Å². The Morgan fingerprint density at radius 3 is 2.49 bits per heavy atom. The summed E-state index contributed by atoms with van der Waals surface area (Å²) in [5.41, 5.74) is 2.18. The average molecular weight is 526 g/mol. The topological polar surface area (TPSA) is 110 Å². The number of nitriles is 2. The summed E-state index contributed by atoms with van der Waals surface area (Å²) in [6.45, 7) is 2.79. The van der Waals surface area contributed by atoms with Crippen molar-refractivity contribution in [2.24, 2.45) is 5.92 Å². The second-order valence-corrected chi connectivity index (χ2v) is 10.3. The van der Waals surface area contributed by atoms with Gasteiger partial charge in [-0.2, -0.15) is 10.5 Å². The molecule has 0 radical (unpaired) electrons. The summed E-state index contributed by atoms with van der Waals surface area (Å²) in [6, 6.07) is 22.7. The number of aromatic amines is 1. The molecular formula is C30H25F2N5O2. The molecule has 2 atom stereocenters. The van der Waals surface area contributed by atoms with Crippen LogP contribution in [0.5, 0.6) is 0 Å². The van der Waals surface area contributed by atoms with Crippen LogP contribution in [0.15, 0.2) is 75.9 Å². The second-order valence-electron chi connectivity index (χ2n) is 10.3. The quantitative estimate of drug-likeness (QED) is 0.335. The Morgan fingerprint density at radius 2 is 1.82 bits per heavy atom. The average Bonchev–Trinajstić information content (AvgIpc) is 3.33. The number of aromatic nitrogens is 2. The van der Waals surface area contributed by atoms with Gasteiger partial charge in [-0.1, -0.05) is 24.3 Å². The van der Waals surface area contributed by atoms with Crippen molar-refractivity contribution >= 4 is 0 Å². The van der Waals surface area contributed by atoms with E-state index in [2.05, 4.69) is 21.2 Å². The van der Waals surface area contributed by atoms with Crippen LogP contribution in [0.2, 0.25) is 0 Å². The van der Waals surface area contributed by atoms with Gasteiger partial charge in [-0.3, -0.25) is 4.90 Å². The molecule has 5 rings (SSSR count). The number of halogens is 2. The highest BCUT2D eigenvalue weighted by molar-refractivity contribution is 5.55. The molecule has 9 heteroatoms. The van der Waals surface area contributed by atoms with Gasteiger partial charge in [-0.05, 0) is 78.4 Å². The van der Waals surface area contributed by atoms with Crippen molar-refractivity contribution in [2.45, 2.75) is 31.5 Å². The lowest BCUT2D eigenvalue weighted by atomic mass is 9.82. The lowest BCUT2D eigenvalue weighted by molar-refractivity contribution is 0.0238. The molecule has 1 fully saturated rings. The number of H-pyrrole nitrogens is 1. The van der Waals surface area contributed by atoms with Crippen molar-refractivity contribution in [2.75, 3.05) is 13.1 Å². The smallest absolute Gasteiger partial charge is 0.388 e. The third-order valence-electron chi connectivity index (χ3n) is 6.97. The molecule has 39 heavy (non-hydrogen) atoms. The Bertz CT molecular complexity index is 1620. The molecule has 3 aromatic carbocycles. The van der Waals surface area contributed by atoms with Gasteiger partial charge < -0.3 is 4.42 Å². The van der Waals surface area contributed by atoms with Crippen LogP contribution in [0.4, 0.5) is 8.78 Å². The van der Waals surface area contributed by atoms with Gasteiger partial charge in [-0.25, -0.2) is 18.7 Å². The normalized spacial score (nSPS) is 16.0. The Balaban J connectivity index is 1.35. The Labute approximate surface area is 223 Å². The molecule has 196 valence electrons. The van der Waals surface area contributed by atoms with Crippen LogP contribution in [-0.4, -0.2) is 33.9 Å². The fourth-order valence-corrected chi connectivity index (χ4v) is 5.42. The fraction of sp³-hybridized carbons (Fsp3) is 0.267. The molecule has 0 bridgehead atoms. The fourth-order valence-electron chi connectivity index (χ4n) is 5.42. The minimum absolute atomic E-state index is 0.0197. The van der Waals surface area contributed by atoms with Gasteiger partial charge in [0.05, 0.1) is 29.3 Å². The second kappa shape index (κ2) is 10.6. The number of alkyl halides is 1. The summed E-state index contributed by atoms with van der Waals surface area (Å²) in [5, 5.41) is 24.5. The highest BCUT2D eigenvalue weighted by Gasteiger charge is 2.39. The molecule has 1 aliphatic heterocycles. The summed E-state index contributed by atoms with van der Waals surface area (Å²) >= 11 is 0. The van der Waals surface area contributed by atoms with Crippen LogP contribution in [0.1, 0.15) is 47.2 Å². The summed E-state index contributed by atoms with van der Waals surface area (Å²) < 4.78 is 34.6. The first-order valence-electron chi connectivity index (χ1n) is 12.5. The van der Waals surface area contributed by atoms with E-state index >= 15 is 4.39 Å². The molecule has 0 spiro atoms. The van der Waals surface area contributed by atoms with Crippen molar-refractivity contribution in [1.29, 1.82) is 10.5 Å². The highest BCUT2D eigenvalue weighted by Crippen LogP contribution is 2.39. The number of benzene rings is 3. The zero-order chi connectivity index (χ0) is 27.6. The number of hydrogen-bond acceptors (Lipinski definition) is 6. The van der Waals surface area contributed by atoms with Crippen LogP contribution >= 0.6 is 0 Å². The van der Waals surface area contributed by atoms with Gasteiger partial charge >= 0.3 is 5.76 Å². The van der Waals surface area contributed by atoms with Crippen molar-refractivity contribution in [3.8, 4) is 23.6 Å². The number of hydrogen-bond donors (Lipinski definition) is 1. The van der Waals surface area contributed by atoms with Gasteiger partial charge in [0, 0.05) is 25.1 Å². The SMILES string of the molecule is CC(F)(Cc1cc(F)cc(C#N)c1)CC1CN(C(c2ccc(C#N)cc2)c2cccc(-c3n[nH]c(=O)o3)c2)C1. The predicted octanol–water partition coefficient (Wildman–Crippen LogP) is 5.29. The van der Waals surface area contributed by atoms with Gasteiger partial charge in [0.15, 0.2) is 0 Å². The third kappa shape index (κ3) is 5.95. The Morgan fingerprint density at radius 1 is 1.08 bits per heavy atom. The van der Waals surface area contributed by atoms with E-state index in [0.717, 1.165) is 17.2 Å². The zero-order valence-corrected chi connectivity index (χ0v) is 21.2. The molecule has 1 aliphatic rings. The summed E-state index contributed by atoms with van der Waals surface area (Å²) in [7, 11) is 0. The Hall–Kier alpha value is -4.60. The first-order valence-corrected chi connectivity index (χ1v) is 12.5. The van der Waals surface area contributed by atoms with E-state index in [-0.39, 0.29) is 29.8 Å².